The molecule has 1 aliphatic heterocycles. The molecule has 5 nitrogen and oxygen atoms in total. The Balaban J connectivity index is 2.35. The molecule has 0 saturated carbocycles. The minimum absolute atomic E-state index is 0.241. The molecule has 5 heteroatoms. The zero-order valence-electron chi connectivity index (χ0n) is 14.3. The molecule has 1 heterocycles. The van der Waals surface area contributed by atoms with Crippen molar-refractivity contribution in [3.63, 3.8) is 0 Å². The molecule has 1 fully saturated rings. The number of carbonyl (C=O) groups excluding carboxylic acids is 1. The van der Waals surface area contributed by atoms with Gasteiger partial charge in [-0.15, -0.1) is 0 Å². The second kappa shape index (κ2) is 8.71. The number of nitrogens with one attached hydrogen (secondary N) is 1. The molecule has 1 rings (SSSR count). The number of primary amides is 1. The van der Waals surface area contributed by atoms with E-state index in [1.165, 1.54) is 6.54 Å². The molecule has 1 unspecified atom stereocenters. The lowest BCUT2D eigenvalue weighted by Gasteiger charge is -2.37. The predicted molar refractivity (Wildman–Crippen MR) is 88.2 cm³/mol. The lowest BCUT2D eigenvalue weighted by molar-refractivity contribution is -0.124. The molecule has 0 aromatic rings. The quantitative estimate of drug-likeness (QED) is 0.664. The van der Waals surface area contributed by atoms with E-state index in [1.807, 2.05) is 6.92 Å². The van der Waals surface area contributed by atoms with Crippen LogP contribution in [0.5, 0.6) is 0 Å². The Morgan fingerprint density at radius 3 is 2.29 bits per heavy atom. The van der Waals surface area contributed by atoms with E-state index in [2.05, 4.69) is 35.9 Å². The Morgan fingerprint density at radius 1 is 1.24 bits per heavy atom. The molecule has 3 N–H and O–H groups in total. The summed E-state index contributed by atoms with van der Waals surface area (Å²) in [4.78, 5) is 16.7. The van der Waals surface area contributed by atoms with Crippen LogP contribution in [-0.4, -0.2) is 67.1 Å². The standard InChI is InChI=1S/C16H34N4O/c1-5-7-18-16(4,15(17)21)6-8-19-9-11-20(12-10-19)13-14(2)3/h14,18H,5-13H2,1-4H3,(H2,17,21). The van der Waals surface area contributed by atoms with Crippen molar-refractivity contribution in [2.75, 3.05) is 45.8 Å². The van der Waals surface area contributed by atoms with Gasteiger partial charge in [0, 0.05) is 39.3 Å². The lowest BCUT2D eigenvalue weighted by atomic mass is 9.96. The summed E-state index contributed by atoms with van der Waals surface area (Å²) < 4.78 is 0. The first-order valence-corrected chi connectivity index (χ1v) is 8.37. The van der Waals surface area contributed by atoms with Gasteiger partial charge in [0.1, 0.15) is 0 Å². The van der Waals surface area contributed by atoms with Gasteiger partial charge in [-0.2, -0.15) is 0 Å². The van der Waals surface area contributed by atoms with E-state index in [-0.39, 0.29) is 5.91 Å². The fourth-order valence-corrected chi connectivity index (χ4v) is 2.79. The third-order valence-corrected chi connectivity index (χ3v) is 4.33. The molecular weight excluding hydrogens is 264 g/mol. The van der Waals surface area contributed by atoms with E-state index in [9.17, 15) is 4.79 Å². The van der Waals surface area contributed by atoms with Gasteiger partial charge < -0.3 is 20.9 Å². The summed E-state index contributed by atoms with van der Waals surface area (Å²) in [6.07, 6.45) is 1.79. The molecule has 1 atom stereocenters. The zero-order valence-corrected chi connectivity index (χ0v) is 14.3. The SMILES string of the molecule is CCCNC(C)(CCN1CCN(CC(C)C)CC1)C(N)=O. The van der Waals surface area contributed by atoms with Crippen LogP contribution in [0, 0.1) is 5.92 Å². The molecule has 0 spiro atoms. The van der Waals surface area contributed by atoms with Crippen LogP contribution in [0.15, 0.2) is 0 Å². The number of piperazine rings is 1. The molecule has 0 aliphatic carbocycles. The normalized spacial score (nSPS) is 20.6. The molecule has 1 aliphatic rings. The van der Waals surface area contributed by atoms with E-state index in [0.29, 0.717) is 0 Å². The first-order chi connectivity index (χ1) is 9.87. The zero-order chi connectivity index (χ0) is 15.9. The molecule has 124 valence electrons. The van der Waals surface area contributed by atoms with Crippen molar-refractivity contribution in [2.24, 2.45) is 11.7 Å². The van der Waals surface area contributed by atoms with Crippen LogP contribution in [0.3, 0.4) is 0 Å². The third kappa shape index (κ3) is 6.32. The van der Waals surface area contributed by atoms with Gasteiger partial charge in [-0.1, -0.05) is 20.8 Å². The topological polar surface area (TPSA) is 61.6 Å². The molecule has 1 saturated heterocycles. The van der Waals surface area contributed by atoms with Crippen LogP contribution in [-0.2, 0) is 4.79 Å². The fourth-order valence-electron chi connectivity index (χ4n) is 2.79. The number of nitrogens with two attached hydrogens (primary N) is 1. The van der Waals surface area contributed by atoms with Crippen LogP contribution in [0.25, 0.3) is 0 Å². The van der Waals surface area contributed by atoms with Gasteiger partial charge in [0.2, 0.25) is 5.91 Å². The van der Waals surface area contributed by atoms with Crippen molar-refractivity contribution >= 4 is 5.91 Å². The average molecular weight is 298 g/mol. The van der Waals surface area contributed by atoms with Crippen molar-refractivity contribution < 1.29 is 4.79 Å². The molecule has 1 amide bonds. The largest absolute Gasteiger partial charge is 0.368 e. The van der Waals surface area contributed by atoms with E-state index in [4.69, 9.17) is 5.73 Å². The molecule has 0 aromatic heterocycles. The smallest absolute Gasteiger partial charge is 0.237 e. The van der Waals surface area contributed by atoms with Crippen molar-refractivity contribution in [1.82, 2.24) is 15.1 Å². The highest BCUT2D eigenvalue weighted by molar-refractivity contribution is 5.84. The molecule has 0 radical (unpaired) electrons. The Hall–Kier alpha value is -0.650. The number of carbonyl (C=O) groups is 1. The number of nitrogens with zero attached hydrogens (tertiary/aromatic N) is 2. The van der Waals surface area contributed by atoms with Gasteiger partial charge in [0.05, 0.1) is 5.54 Å². The monoisotopic (exact) mass is 298 g/mol. The number of amides is 1. The molecule has 0 bridgehead atoms. The van der Waals surface area contributed by atoms with Gasteiger partial charge >= 0.3 is 0 Å². The van der Waals surface area contributed by atoms with Crippen LogP contribution in [0.2, 0.25) is 0 Å². The van der Waals surface area contributed by atoms with Crippen LogP contribution >= 0.6 is 0 Å². The number of hydrogen-bond donors (Lipinski definition) is 2. The number of hydrogen-bond acceptors (Lipinski definition) is 4. The maximum atomic E-state index is 11.7. The summed E-state index contributed by atoms with van der Waals surface area (Å²) >= 11 is 0. The maximum Gasteiger partial charge on any atom is 0.237 e. The summed E-state index contributed by atoms with van der Waals surface area (Å²) in [6, 6.07) is 0. The minimum atomic E-state index is -0.578. The summed E-state index contributed by atoms with van der Waals surface area (Å²) in [7, 11) is 0. The molecule has 0 aromatic carbocycles. The highest BCUT2D eigenvalue weighted by Crippen LogP contribution is 2.12. The predicted octanol–water partition coefficient (Wildman–Crippen LogP) is 0.894. The minimum Gasteiger partial charge on any atom is -0.368 e. The summed E-state index contributed by atoms with van der Waals surface area (Å²) in [5.74, 6) is 0.488. The van der Waals surface area contributed by atoms with Crippen LogP contribution in [0.1, 0.15) is 40.5 Å². The lowest BCUT2D eigenvalue weighted by Crippen LogP contribution is -2.56. The average Bonchev–Trinajstić information content (AvgIpc) is 2.43. The van der Waals surface area contributed by atoms with Gasteiger partial charge in [0.15, 0.2) is 0 Å². The van der Waals surface area contributed by atoms with Gasteiger partial charge in [-0.25, -0.2) is 0 Å². The molecular formula is C16H34N4O. The van der Waals surface area contributed by atoms with E-state index >= 15 is 0 Å². The Morgan fingerprint density at radius 2 is 1.81 bits per heavy atom. The van der Waals surface area contributed by atoms with Crippen molar-refractivity contribution in [2.45, 2.75) is 46.1 Å². The van der Waals surface area contributed by atoms with E-state index in [1.54, 1.807) is 0 Å². The van der Waals surface area contributed by atoms with Gasteiger partial charge in [-0.05, 0) is 32.2 Å². The highest BCUT2D eigenvalue weighted by atomic mass is 16.1. The third-order valence-electron chi connectivity index (χ3n) is 4.33. The highest BCUT2D eigenvalue weighted by Gasteiger charge is 2.31. The maximum absolute atomic E-state index is 11.7. The second-order valence-electron chi connectivity index (χ2n) is 6.91. The summed E-state index contributed by atoms with van der Waals surface area (Å²) in [5.41, 5.74) is 5.00. The fraction of sp³-hybridized carbons (Fsp3) is 0.938. The molecule has 21 heavy (non-hydrogen) atoms. The van der Waals surface area contributed by atoms with Gasteiger partial charge in [0.25, 0.3) is 0 Å². The van der Waals surface area contributed by atoms with Crippen LogP contribution < -0.4 is 11.1 Å². The summed E-state index contributed by atoms with van der Waals surface area (Å²) in [5, 5.41) is 3.31. The Bertz CT molecular complexity index is 313. The summed E-state index contributed by atoms with van der Waals surface area (Å²) in [6.45, 7) is 16.0. The van der Waals surface area contributed by atoms with Gasteiger partial charge in [-0.3, -0.25) is 4.79 Å². The Labute approximate surface area is 130 Å². The van der Waals surface area contributed by atoms with Crippen molar-refractivity contribution in [1.29, 1.82) is 0 Å². The Kier molecular flexibility index (Phi) is 7.63. The first-order valence-electron chi connectivity index (χ1n) is 8.37. The van der Waals surface area contributed by atoms with Crippen molar-refractivity contribution in [3.8, 4) is 0 Å². The number of rotatable bonds is 9. The second-order valence-corrected chi connectivity index (χ2v) is 6.91. The van der Waals surface area contributed by atoms with Crippen molar-refractivity contribution in [3.05, 3.63) is 0 Å². The first kappa shape index (κ1) is 18.4. The van der Waals surface area contributed by atoms with E-state index < -0.39 is 5.54 Å². The van der Waals surface area contributed by atoms with E-state index in [0.717, 1.165) is 58.0 Å². The van der Waals surface area contributed by atoms with Crippen LogP contribution in [0.4, 0.5) is 0 Å².